The summed E-state index contributed by atoms with van der Waals surface area (Å²) in [6.07, 6.45) is 3.30. The van der Waals surface area contributed by atoms with Gasteiger partial charge < -0.3 is 9.88 Å². The molecule has 2 heterocycles. The van der Waals surface area contributed by atoms with Gasteiger partial charge in [-0.05, 0) is 50.3 Å². The van der Waals surface area contributed by atoms with Crippen molar-refractivity contribution in [2.45, 2.75) is 46.1 Å². The molecule has 4 aromatic rings. The van der Waals surface area contributed by atoms with Crippen LogP contribution >= 0.6 is 0 Å². The lowest BCUT2D eigenvalue weighted by atomic mass is 10.1. The summed E-state index contributed by atoms with van der Waals surface area (Å²) in [6, 6.07) is 15.7. The Morgan fingerprint density at radius 1 is 1.06 bits per heavy atom. The quantitative estimate of drug-likeness (QED) is 0.528. The average Bonchev–Trinajstić information content (AvgIpc) is 3.46. The molecule has 162 valence electrons. The molecule has 0 spiro atoms. The van der Waals surface area contributed by atoms with Gasteiger partial charge in [0, 0.05) is 22.5 Å². The van der Waals surface area contributed by atoms with Gasteiger partial charge in [0.05, 0.1) is 0 Å². The van der Waals surface area contributed by atoms with Crippen LogP contribution in [0, 0.1) is 6.92 Å². The van der Waals surface area contributed by atoms with E-state index in [1.165, 1.54) is 10.1 Å². The molecule has 7 nitrogen and oxygen atoms in total. The Balaban J connectivity index is 1.53. The lowest BCUT2D eigenvalue weighted by Gasteiger charge is -2.14. The smallest absolute Gasteiger partial charge is 0.279 e. The third kappa shape index (κ3) is 3.60. The molecule has 2 aromatic heterocycles. The Bertz CT molecular complexity index is 1360. The number of carbonyl (C=O) groups excluding carboxylic acids is 1. The van der Waals surface area contributed by atoms with Crippen LogP contribution < -0.4 is 10.9 Å². The molecule has 0 atom stereocenters. The Labute approximate surface area is 185 Å². The number of aromatic nitrogens is 4. The van der Waals surface area contributed by atoms with Gasteiger partial charge >= 0.3 is 0 Å². The molecular formula is C25H25N5O2. The fourth-order valence-electron chi connectivity index (χ4n) is 4.28. The summed E-state index contributed by atoms with van der Waals surface area (Å²) in [5.41, 5.74) is 5.44. The van der Waals surface area contributed by atoms with Crippen molar-refractivity contribution < 1.29 is 4.79 Å². The van der Waals surface area contributed by atoms with Gasteiger partial charge in [0.1, 0.15) is 6.54 Å². The normalized spacial score (nSPS) is 12.8. The van der Waals surface area contributed by atoms with Gasteiger partial charge in [-0.1, -0.05) is 48.9 Å². The minimum atomic E-state index is -0.159. The average molecular weight is 428 g/mol. The number of benzene rings is 2. The zero-order valence-electron chi connectivity index (χ0n) is 18.3. The van der Waals surface area contributed by atoms with Crippen molar-refractivity contribution >= 4 is 17.4 Å². The van der Waals surface area contributed by atoms with Crippen molar-refractivity contribution in [2.75, 3.05) is 5.32 Å². The molecule has 1 aliphatic rings. The second-order valence-corrected chi connectivity index (χ2v) is 8.28. The summed E-state index contributed by atoms with van der Waals surface area (Å²) in [5.74, 6) is 0.728. The van der Waals surface area contributed by atoms with Crippen molar-refractivity contribution in [1.29, 1.82) is 0 Å². The van der Waals surface area contributed by atoms with E-state index in [-0.39, 0.29) is 18.0 Å². The number of fused-ring (bicyclic) bond motifs is 2. The predicted molar refractivity (Wildman–Crippen MR) is 124 cm³/mol. The zero-order valence-corrected chi connectivity index (χ0v) is 18.3. The molecule has 0 fully saturated rings. The number of carbonyl (C=O) groups is 1. The first-order valence-electron chi connectivity index (χ1n) is 11.0. The lowest BCUT2D eigenvalue weighted by molar-refractivity contribution is -0.116. The Hall–Kier alpha value is -3.74. The highest BCUT2D eigenvalue weighted by atomic mass is 16.2. The summed E-state index contributed by atoms with van der Waals surface area (Å²) in [7, 11) is 0. The Morgan fingerprint density at radius 3 is 2.53 bits per heavy atom. The van der Waals surface area contributed by atoms with Crippen LogP contribution in [0.15, 0.2) is 53.3 Å². The summed E-state index contributed by atoms with van der Waals surface area (Å²) in [6.45, 7) is 4.19. The molecule has 2 aromatic carbocycles. The van der Waals surface area contributed by atoms with Gasteiger partial charge in [-0.15, -0.1) is 5.10 Å². The number of anilines is 1. The lowest BCUT2D eigenvalue weighted by Crippen LogP contribution is -2.28. The maximum atomic E-state index is 13.1. The fraction of sp³-hybridized carbons (Fsp3) is 0.280. The molecule has 0 bridgehead atoms. The largest absolute Gasteiger partial charge is 0.325 e. The van der Waals surface area contributed by atoms with Crippen LogP contribution in [-0.4, -0.2) is 25.1 Å². The van der Waals surface area contributed by atoms with Crippen molar-refractivity contribution in [2.24, 2.45) is 0 Å². The van der Waals surface area contributed by atoms with Crippen LogP contribution in [0.25, 0.3) is 17.2 Å². The first kappa shape index (κ1) is 20.2. The highest BCUT2D eigenvalue weighted by Crippen LogP contribution is 2.23. The molecule has 32 heavy (non-hydrogen) atoms. The highest BCUT2D eigenvalue weighted by Gasteiger charge is 2.25. The van der Waals surface area contributed by atoms with Crippen LogP contribution in [0.3, 0.4) is 0 Å². The van der Waals surface area contributed by atoms with Gasteiger partial charge in [0.25, 0.3) is 5.56 Å². The van der Waals surface area contributed by atoms with Gasteiger partial charge in [0.15, 0.2) is 5.82 Å². The zero-order chi connectivity index (χ0) is 22.2. The molecule has 0 saturated carbocycles. The van der Waals surface area contributed by atoms with E-state index in [9.17, 15) is 9.59 Å². The number of nitrogens with zero attached hydrogens (tertiary/aromatic N) is 4. The molecule has 1 aliphatic carbocycles. The first-order chi connectivity index (χ1) is 15.5. The maximum Gasteiger partial charge on any atom is 0.279 e. The first-order valence-corrected chi connectivity index (χ1v) is 11.0. The van der Waals surface area contributed by atoms with E-state index in [0.29, 0.717) is 18.0 Å². The van der Waals surface area contributed by atoms with Crippen LogP contribution in [0.2, 0.25) is 0 Å². The summed E-state index contributed by atoms with van der Waals surface area (Å²) in [5, 5.41) is 7.46. The summed E-state index contributed by atoms with van der Waals surface area (Å²) in [4.78, 5) is 30.6. The molecule has 1 N–H and O–H groups in total. The molecular weight excluding hydrogens is 402 g/mol. The fourth-order valence-corrected chi connectivity index (χ4v) is 4.28. The molecule has 5 rings (SSSR count). The van der Waals surface area contributed by atoms with Gasteiger partial charge in [-0.2, -0.15) is 9.50 Å². The van der Waals surface area contributed by atoms with Crippen LogP contribution in [0.5, 0.6) is 0 Å². The third-order valence-corrected chi connectivity index (χ3v) is 6.05. The van der Waals surface area contributed by atoms with E-state index >= 15 is 0 Å². The number of amides is 1. The molecule has 0 saturated heterocycles. The minimum Gasteiger partial charge on any atom is -0.325 e. The van der Waals surface area contributed by atoms with E-state index in [0.717, 1.165) is 47.3 Å². The standard InChI is InChI=1S/C25H25N5O2/c1-3-17-9-13-19(14-10-17)26-22(31)15-29-21-6-4-5-20(21)24(32)30-25(29)27-23(28-30)18-11-7-16(2)8-12-18/h7-14H,3-6,15H2,1-2H3,(H,26,31). The van der Waals surface area contributed by atoms with Crippen molar-refractivity contribution in [3.05, 3.63) is 81.3 Å². The Morgan fingerprint density at radius 2 is 1.81 bits per heavy atom. The van der Waals surface area contributed by atoms with E-state index < -0.39 is 0 Å². The summed E-state index contributed by atoms with van der Waals surface area (Å²) >= 11 is 0. The van der Waals surface area contributed by atoms with E-state index in [4.69, 9.17) is 0 Å². The molecule has 0 radical (unpaired) electrons. The van der Waals surface area contributed by atoms with Crippen LogP contribution in [0.4, 0.5) is 5.69 Å². The molecule has 0 unspecified atom stereocenters. The summed E-state index contributed by atoms with van der Waals surface area (Å²) < 4.78 is 3.20. The van der Waals surface area contributed by atoms with Gasteiger partial charge in [-0.25, -0.2) is 0 Å². The number of hydrogen-bond donors (Lipinski definition) is 1. The molecule has 7 heteroatoms. The van der Waals surface area contributed by atoms with Crippen LogP contribution in [-0.2, 0) is 30.6 Å². The second-order valence-electron chi connectivity index (χ2n) is 8.28. The SMILES string of the molecule is CCc1ccc(NC(=O)Cn2c3c(c(=O)n4nc(-c5ccc(C)cc5)nc24)CCC3)cc1. The van der Waals surface area contributed by atoms with E-state index in [2.05, 4.69) is 22.3 Å². The predicted octanol–water partition coefficient (Wildman–Crippen LogP) is 3.56. The monoisotopic (exact) mass is 427 g/mol. The van der Waals surface area contributed by atoms with Crippen molar-refractivity contribution in [1.82, 2.24) is 19.2 Å². The van der Waals surface area contributed by atoms with Crippen LogP contribution in [0.1, 0.15) is 35.7 Å². The second kappa shape index (κ2) is 8.07. The minimum absolute atomic E-state index is 0.0771. The van der Waals surface area contributed by atoms with E-state index in [1.807, 2.05) is 60.0 Å². The van der Waals surface area contributed by atoms with Crippen molar-refractivity contribution in [3.63, 3.8) is 0 Å². The molecule has 0 aliphatic heterocycles. The number of hydrogen-bond acceptors (Lipinski definition) is 4. The van der Waals surface area contributed by atoms with Crippen molar-refractivity contribution in [3.8, 4) is 11.4 Å². The Kier molecular flexibility index (Phi) is 5.09. The number of nitrogens with one attached hydrogen (secondary N) is 1. The maximum absolute atomic E-state index is 13.1. The molecule has 1 amide bonds. The third-order valence-electron chi connectivity index (χ3n) is 6.05. The van der Waals surface area contributed by atoms with Gasteiger partial charge in [-0.3, -0.25) is 9.59 Å². The van der Waals surface area contributed by atoms with E-state index in [1.54, 1.807) is 0 Å². The number of rotatable bonds is 5. The van der Waals surface area contributed by atoms with Gasteiger partial charge in [0.2, 0.25) is 11.7 Å². The topological polar surface area (TPSA) is 81.3 Å². The highest BCUT2D eigenvalue weighted by molar-refractivity contribution is 5.90. The number of aryl methyl sites for hydroxylation is 2.